The predicted molar refractivity (Wildman–Crippen MR) is 80.3 cm³/mol. The van der Waals surface area contributed by atoms with Crippen molar-refractivity contribution >= 4 is 21.7 Å². The fraction of sp³-hybridized carbons (Fsp3) is 0.267. The van der Waals surface area contributed by atoms with Gasteiger partial charge in [0, 0.05) is 16.4 Å². The van der Waals surface area contributed by atoms with Crippen LogP contribution in [0.15, 0.2) is 41.1 Å². The third-order valence-corrected chi connectivity index (χ3v) is 4.14. The zero-order valence-electron chi connectivity index (χ0n) is 10.8. The molecule has 1 aliphatic rings. The van der Waals surface area contributed by atoms with Gasteiger partial charge in [0.05, 0.1) is 12.4 Å². The first kappa shape index (κ1) is 13.1. The first-order valence-electron chi connectivity index (χ1n) is 6.44. The molecule has 0 saturated heterocycles. The van der Waals surface area contributed by atoms with Crippen LogP contribution >= 0.6 is 15.9 Å². The normalized spacial score (nSPS) is 15.4. The fourth-order valence-electron chi connectivity index (χ4n) is 2.30. The standard InChI is InChI=1S/C15H13BrN4/c16-12-3-1-2-11(6-12)15(4-5-15)10-19-14-9-18-8-13(7-17)20-14/h1-3,6,8-9H,4-5,10H2,(H,19,20). The Bertz CT molecular complexity index is 674. The predicted octanol–water partition coefficient (Wildman–Crippen LogP) is 3.25. The minimum Gasteiger partial charge on any atom is -0.368 e. The van der Waals surface area contributed by atoms with E-state index in [1.807, 2.05) is 12.1 Å². The summed E-state index contributed by atoms with van der Waals surface area (Å²) in [6.45, 7) is 0.813. The molecule has 0 aliphatic heterocycles. The molecule has 0 bridgehead atoms. The average Bonchev–Trinajstić information content (AvgIpc) is 3.27. The highest BCUT2D eigenvalue weighted by molar-refractivity contribution is 9.10. The maximum absolute atomic E-state index is 8.83. The lowest BCUT2D eigenvalue weighted by Gasteiger charge is -2.17. The number of benzene rings is 1. The van der Waals surface area contributed by atoms with Gasteiger partial charge < -0.3 is 5.32 Å². The molecular formula is C15H13BrN4. The first-order chi connectivity index (χ1) is 9.72. The van der Waals surface area contributed by atoms with E-state index in [0.717, 1.165) is 11.0 Å². The van der Waals surface area contributed by atoms with Crippen molar-refractivity contribution in [1.29, 1.82) is 5.26 Å². The van der Waals surface area contributed by atoms with E-state index >= 15 is 0 Å². The van der Waals surface area contributed by atoms with Crippen LogP contribution in [-0.4, -0.2) is 16.5 Å². The third-order valence-electron chi connectivity index (χ3n) is 3.65. The van der Waals surface area contributed by atoms with Crippen LogP contribution in [0.3, 0.4) is 0 Å². The maximum Gasteiger partial charge on any atom is 0.161 e. The highest BCUT2D eigenvalue weighted by atomic mass is 79.9. The number of nitrogens with one attached hydrogen (secondary N) is 1. The van der Waals surface area contributed by atoms with Crippen molar-refractivity contribution in [1.82, 2.24) is 9.97 Å². The van der Waals surface area contributed by atoms with Crippen molar-refractivity contribution < 1.29 is 0 Å². The monoisotopic (exact) mass is 328 g/mol. The third kappa shape index (κ3) is 2.66. The van der Waals surface area contributed by atoms with Crippen LogP contribution in [-0.2, 0) is 5.41 Å². The SMILES string of the molecule is N#Cc1cncc(NCC2(c3cccc(Br)c3)CC2)n1. The van der Waals surface area contributed by atoms with Crippen molar-refractivity contribution in [3.63, 3.8) is 0 Å². The molecule has 1 heterocycles. The summed E-state index contributed by atoms with van der Waals surface area (Å²) in [5.41, 5.74) is 1.86. The average molecular weight is 329 g/mol. The maximum atomic E-state index is 8.83. The van der Waals surface area contributed by atoms with Crippen LogP contribution in [0.2, 0.25) is 0 Å². The summed E-state index contributed by atoms with van der Waals surface area (Å²) in [7, 11) is 0. The van der Waals surface area contributed by atoms with Crippen molar-refractivity contribution in [2.75, 3.05) is 11.9 Å². The van der Waals surface area contributed by atoms with Gasteiger partial charge in [-0.25, -0.2) is 4.98 Å². The van der Waals surface area contributed by atoms with Crippen LogP contribution in [0.1, 0.15) is 24.1 Å². The van der Waals surface area contributed by atoms with Crippen LogP contribution < -0.4 is 5.32 Å². The Balaban J connectivity index is 1.73. The number of rotatable bonds is 4. The van der Waals surface area contributed by atoms with E-state index in [2.05, 4.69) is 49.4 Å². The van der Waals surface area contributed by atoms with Gasteiger partial charge in [0.1, 0.15) is 11.9 Å². The number of nitrogens with zero attached hydrogens (tertiary/aromatic N) is 3. The molecule has 1 aliphatic carbocycles. The van der Waals surface area contributed by atoms with Gasteiger partial charge in [0.25, 0.3) is 0 Å². The van der Waals surface area contributed by atoms with Crippen LogP contribution in [0.4, 0.5) is 5.82 Å². The molecule has 1 fully saturated rings. The quantitative estimate of drug-likeness (QED) is 0.935. The lowest BCUT2D eigenvalue weighted by atomic mass is 9.96. The van der Waals surface area contributed by atoms with E-state index in [9.17, 15) is 0 Å². The second-order valence-electron chi connectivity index (χ2n) is 5.05. The van der Waals surface area contributed by atoms with Crippen molar-refractivity contribution in [3.8, 4) is 6.07 Å². The number of anilines is 1. The van der Waals surface area contributed by atoms with E-state index in [4.69, 9.17) is 5.26 Å². The molecule has 0 radical (unpaired) electrons. The summed E-state index contributed by atoms with van der Waals surface area (Å²) >= 11 is 3.52. The molecule has 5 heteroatoms. The zero-order chi connectivity index (χ0) is 14.0. The van der Waals surface area contributed by atoms with Gasteiger partial charge in [0.2, 0.25) is 0 Å². The smallest absolute Gasteiger partial charge is 0.161 e. The Kier molecular flexibility index (Phi) is 3.41. The Morgan fingerprint density at radius 1 is 1.35 bits per heavy atom. The van der Waals surface area contributed by atoms with Gasteiger partial charge in [0.15, 0.2) is 5.69 Å². The molecule has 1 saturated carbocycles. The molecule has 100 valence electrons. The molecule has 1 N–H and O–H groups in total. The summed E-state index contributed by atoms with van der Waals surface area (Å²) in [5, 5.41) is 12.1. The second-order valence-corrected chi connectivity index (χ2v) is 5.96. The van der Waals surface area contributed by atoms with Crippen molar-refractivity contribution in [3.05, 3.63) is 52.4 Å². The number of nitriles is 1. The Morgan fingerprint density at radius 2 is 2.20 bits per heavy atom. The van der Waals surface area contributed by atoms with Gasteiger partial charge in [-0.2, -0.15) is 5.26 Å². The fourth-order valence-corrected chi connectivity index (χ4v) is 2.70. The summed E-state index contributed by atoms with van der Waals surface area (Å²) in [4.78, 5) is 8.20. The second kappa shape index (κ2) is 5.22. The molecule has 0 amide bonds. The van der Waals surface area contributed by atoms with Gasteiger partial charge in [-0.15, -0.1) is 0 Å². The Labute approximate surface area is 126 Å². The number of hydrogen-bond acceptors (Lipinski definition) is 4. The van der Waals surface area contributed by atoms with E-state index in [1.165, 1.54) is 24.6 Å². The van der Waals surface area contributed by atoms with E-state index in [0.29, 0.717) is 11.5 Å². The van der Waals surface area contributed by atoms with Crippen molar-refractivity contribution in [2.24, 2.45) is 0 Å². The minimum absolute atomic E-state index is 0.189. The van der Waals surface area contributed by atoms with E-state index < -0.39 is 0 Å². The zero-order valence-corrected chi connectivity index (χ0v) is 12.4. The summed E-state index contributed by atoms with van der Waals surface area (Å²) in [5.74, 6) is 0.658. The number of hydrogen-bond donors (Lipinski definition) is 1. The Hall–Kier alpha value is -1.93. The molecule has 3 rings (SSSR count). The molecule has 1 aromatic heterocycles. The van der Waals surface area contributed by atoms with Crippen LogP contribution in [0, 0.1) is 11.3 Å². The molecule has 0 spiro atoms. The highest BCUT2D eigenvalue weighted by Gasteiger charge is 2.44. The lowest BCUT2D eigenvalue weighted by Crippen LogP contribution is -2.20. The van der Waals surface area contributed by atoms with E-state index in [-0.39, 0.29) is 5.41 Å². The van der Waals surface area contributed by atoms with Gasteiger partial charge >= 0.3 is 0 Å². The molecule has 2 aromatic rings. The summed E-state index contributed by atoms with van der Waals surface area (Å²) in [6, 6.07) is 10.4. The van der Waals surface area contributed by atoms with Gasteiger partial charge in [-0.05, 0) is 30.5 Å². The molecular weight excluding hydrogens is 316 g/mol. The van der Waals surface area contributed by atoms with E-state index in [1.54, 1.807) is 6.20 Å². The summed E-state index contributed by atoms with van der Waals surface area (Å²) < 4.78 is 1.10. The molecule has 0 unspecified atom stereocenters. The first-order valence-corrected chi connectivity index (χ1v) is 7.23. The topological polar surface area (TPSA) is 61.6 Å². The van der Waals surface area contributed by atoms with Gasteiger partial charge in [-0.1, -0.05) is 28.1 Å². The van der Waals surface area contributed by atoms with Crippen LogP contribution in [0.5, 0.6) is 0 Å². The molecule has 20 heavy (non-hydrogen) atoms. The van der Waals surface area contributed by atoms with Gasteiger partial charge in [-0.3, -0.25) is 4.98 Å². The number of halogens is 1. The molecule has 0 atom stereocenters. The van der Waals surface area contributed by atoms with Crippen molar-refractivity contribution in [2.45, 2.75) is 18.3 Å². The largest absolute Gasteiger partial charge is 0.368 e. The molecule has 4 nitrogen and oxygen atoms in total. The van der Waals surface area contributed by atoms with Crippen LogP contribution in [0.25, 0.3) is 0 Å². The highest BCUT2D eigenvalue weighted by Crippen LogP contribution is 2.48. The number of aromatic nitrogens is 2. The molecule has 1 aromatic carbocycles. The minimum atomic E-state index is 0.189. The lowest BCUT2D eigenvalue weighted by molar-refractivity contribution is 0.729. The summed E-state index contributed by atoms with van der Waals surface area (Å²) in [6.07, 6.45) is 5.45. The Morgan fingerprint density at radius 3 is 2.90 bits per heavy atom.